The average Bonchev–Trinajstić information content (AvgIpc) is 3.35. The Morgan fingerprint density at radius 1 is 0.848 bits per heavy atom. The summed E-state index contributed by atoms with van der Waals surface area (Å²) in [6.07, 6.45) is -0.950. The molecule has 2 amide bonds. The molecule has 2 aliphatic rings. The maximum absolute atomic E-state index is 13.7. The third kappa shape index (κ3) is 3.46. The lowest BCUT2D eigenvalue weighted by Crippen LogP contribution is -2.37. The highest BCUT2D eigenvalue weighted by Crippen LogP contribution is 2.49. The molecule has 33 heavy (non-hydrogen) atoms. The van der Waals surface area contributed by atoms with Gasteiger partial charge in [-0.05, 0) is 57.9 Å². The number of rotatable bonds is 5. The first-order valence-electron chi connectivity index (χ1n) is 10.4. The molecule has 3 atom stereocenters. The fourth-order valence-electron chi connectivity index (χ4n) is 4.47. The minimum Gasteiger partial charge on any atom is -0.496 e. The molecule has 3 aromatic carbocycles. The van der Waals surface area contributed by atoms with Crippen molar-refractivity contribution in [3.8, 4) is 11.5 Å². The summed E-state index contributed by atoms with van der Waals surface area (Å²) in [5, 5.41) is 1.67. The molecule has 2 fully saturated rings. The standard InChI is InChI=1S/C25H21BrN2O5/c1-31-19-13-12-15(14-17(19)26)22-21-23(33-28(22)16-8-4-3-5-9-16)25(30)27(24(21)29)18-10-6-7-11-20(18)32-2/h3-14,21-23H,1-2H3/t21-,22+,23-/m1/s1. The number of anilines is 2. The SMILES string of the molecule is COc1ccc([C@H]2[C@H]3C(=O)N(c4ccccc4OC)C(=O)[C@@H]3ON2c2ccccc2)cc1Br. The van der Waals surface area contributed by atoms with Crippen molar-refractivity contribution in [1.29, 1.82) is 0 Å². The Balaban J connectivity index is 1.61. The zero-order valence-corrected chi connectivity index (χ0v) is 19.6. The molecule has 2 aliphatic heterocycles. The monoisotopic (exact) mass is 508 g/mol. The lowest BCUT2D eigenvalue weighted by atomic mass is 9.90. The van der Waals surface area contributed by atoms with Gasteiger partial charge in [0.2, 0.25) is 5.91 Å². The Bertz CT molecular complexity index is 1220. The minimum absolute atomic E-state index is 0.329. The second-order valence-corrected chi connectivity index (χ2v) is 8.59. The molecule has 0 N–H and O–H groups in total. The van der Waals surface area contributed by atoms with Crippen molar-refractivity contribution >= 4 is 39.1 Å². The molecule has 0 aromatic heterocycles. The fourth-order valence-corrected chi connectivity index (χ4v) is 5.03. The van der Waals surface area contributed by atoms with Crippen molar-refractivity contribution in [3.05, 3.63) is 82.8 Å². The van der Waals surface area contributed by atoms with Crippen LogP contribution in [-0.4, -0.2) is 32.1 Å². The van der Waals surface area contributed by atoms with Crippen molar-refractivity contribution in [2.75, 3.05) is 24.2 Å². The van der Waals surface area contributed by atoms with Crippen LogP contribution in [0.2, 0.25) is 0 Å². The van der Waals surface area contributed by atoms with Crippen molar-refractivity contribution in [2.45, 2.75) is 12.1 Å². The van der Waals surface area contributed by atoms with Crippen molar-refractivity contribution in [1.82, 2.24) is 0 Å². The Morgan fingerprint density at radius 3 is 2.24 bits per heavy atom. The molecule has 168 valence electrons. The number of fused-ring (bicyclic) bond motifs is 1. The zero-order chi connectivity index (χ0) is 23.1. The molecule has 0 saturated carbocycles. The van der Waals surface area contributed by atoms with E-state index in [4.69, 9.17) is 14.3 Å². The van der Waals surface area contributed by atoms with Crippen molar-refractivity contribution in [3.63, 3.8) is 0 Å². The first-order chi connectivity index (χ1) is 16.0. The Morgan fingerprint density at radius 2 is 1.55 bits per heavy atom. The number of carbonyl (C=O) groups excluding carboxylic acids is 2. The number of hydrogen-bond acceptors (Lipinski definition) is 6. The third-order valence-electron chi connectivity index (χ3n) is 5.97. The summed E-state index contributed by atoms with van der Waals surface area (Å²) in [4.78, 5) is 34.6. The number of hydroxylamine groups is 1. The van der Waals surface area contributed by atoms with E-state index in [1.54, 1.807) is 36.4 Å². The van der Waals surface area contributed by atoms with Crippen LogP contribution in [0, 0.1) is 5.92 Å². The number of carbonyl (C=O) groups is 2. The van der Waals surface area contributed by atoms with Crippen LogP contribution in [0.15, 0.2) is 77.3 Å². The van der Waals surface area contributed by atoms with Gasteiger partial charge in [-0.25, -0.2) is 9.96 Å². The zero-order valence-electron chi connectivity index (χ0n) is 18.0. The molecule has 5 rings (SSSR count). The molecule has 0 radical (unpaired) electrons. The van der Waals surface area contributed by atoms with Gasteiger partial charge in [0.15, 0.2) is 6.10 Å². The summed E-state index contributed by atoms with van der Waals surface area (Å²) in [6, 6.07) is 21.5. The van der Waals surface area contributed by atoms with E-state index in [-0.39, 0.29) is 5.91 Å². The smallest absolute Gasteiger partial charge is 0.266 e. The van der Waals surface area contributed by atoms with Crippen LogP contribution in [-0.2, 0) is 14.4 Å². The first-order valence-corrected chi connectivity index (χ1v) is 11.2. The second kappa shape index (κ2) is 8.53. The first kappa shape index (κ1) is 21.5. The quantitative estimate of drug-likeness (QED) is 0.472. The lowest BCUT2D eigenvalue weighted by Gasteiger charge is -2.29. The van der Waals surface area contributed by atoms with Gasteiger partial charge in [-0.1, -0.05) is 36.4 Å². The Hall–Kier alpha value is -3.36. The van der Waals surface area contributed by atoms with Crippen LogP contribution in [0.4, 0.5) is 11.4 Å². The van der Waals surface area contributed by atoms with Gasteiger partial charge in [0.1, 0.15) is 17.4 Å². The minimum atomic E-state index is -0.950. The summed E-state index contributed by atoms with van der Waals surface area (Å²) in [6.45, 7) is 0. The van der Waals surface area contributed by atoms with Gasteiger partial charge in [0.05, 0.1) is 36.1 Å². The summed E-state index contributed by atoms with van der Waals surface area (Å²) in [7, 11) is 3.10. The molecule has 8 heteroatoms. The van der Waals surface area contributed by atoms with Crippen molar-refractivity contribution in [2.24, 2.45) is 5.92 Å². The summed E-state index contributed by atoms with van der Waals surface area (Å²) in [5.41, 5.74) is 1.99. The predicted molar refractivity (Wildman–Crippen MR) is 126 cm³/mol. The van der Waals surface area contributed by atoms with Crippen LogP contribution in [0.1, 0.15) is 11.6 Å². The highest BCUT2D eigenvalue weighted by Gasteiger charge is 2.60. The van der Waals surface area contributed by atoms with Gasteiger partial charge >= 0.3 is 0 Å². The molecular weight excluding hydrogens is 488 g/mol. The number of imide groups is 1. The molecule has 7 nitrogen and oxygen atoms in total. The van der Waals surface area contributed by atoms with E-state index in [1.165, 1.54) is 12.0 Å². The summed E-state index contributed by atoms with van der Waals surface area (Å²) in [5.74, 6) is -0.355. The fraction of sp³-hybridized carbons (Fsp3) is 0.200. The number of ether oxygens (including phenoxy) is 2. The van der Waals surface area contributed by atoms with Crippen LogP contribution >= 0.6 is 15.9 Å². The van der Waals surface area contributed by atoms with E-state index in [1.807, 2.05) is 48.5 Å². The van der Waals surface area contributed by atoms with Gasteiger partial charge < -0.3 is 9.47 Å². The average molecular weight is 509 g/mol. The van der Waals surface area contributed by atoms with Gasteiger partial charge in [-0.2, -0.15) is 0 Å². The number of nitrogens with zero attached hydrogens (tertiary/aromatic N) is 2. The molecule has 2 saturated heterocycles. The van der Waals surface area contributed by atoms with Crippen LogP contribution < -0.4 is 19.4 Å². The van der Waals surface area contributed by atoms with Gasteiger partial charge in [0.25, 0.3) is 5.91 Å². The molecule has 2 heterocycles. The highest BCUT2D eigenvalue weighted by molar-refractivity contribution is 9.10. The van der Waals surface area contributed by atoms with E-state index in [9.17, 15) is 9.59 Å². The Labute approximate surface area is 199 Å². The summed E-state index contributed by atoms with van der Waals surface area (Å²) < 4.78 is 11.5. The van der Waals surface area contributed by atoms with E-state index in [0.29, 0.717) is 17.2 Å². The largest absolute Gasteiger partial charge is 0.496 e. The number of para-hydroxylation sites is 3. The number of benzene rings is 3. The number of amides is 2. The maximum Gasteiger partial charge on any atom is 0.266 e. The van der Waals surface area contributed by atoms with E-state index in [0.717, 1.165) is 15.7 Å². The van der Waals surface area contributed by atoms with Crippen LogP contribution in [0.5, 0.6) is 11.5 Å². The van der Waals surface area contributed by atoms with Gasteiger partial charge in [-0.15, -0.1) is 0 Å². The highest BCUT2D eigenvalue weighted by atomic mass is 79.9. The predicted octanol–water partition coefficient (Wildman–Crippen LogP) is 4.52. The second-order valence-electron chi connectivity index (χ2n) is 7.74. The number of methoxy groups -OCH3 is 2. The van der Waals surface area contributed by atoms with E-state index < -0.39 is 24.0 Å². The molecule has 0 unspecified atom stereocenters. The molecular formula is C25H21BrN2O5. The van der Waals surface area contributed by atoms with Crippen molar-refractivity contribution < 1.29 is 23.9 Å². The van der Waals surface area contributed by atoms with E-state index >= 15 is 0 Å². The van der Waals surface area contributed by atoms with Gasteiger partial charge in [-0.3, -0.25) is 14.4 Å². The van der Waals surface area contributed by atoms with E-state index in [2.05, 4.69) is 15.9 Å². The van der Waals surface area contributed by atoms with Crippen LogP contribution in [0.25, 0.3) is 0 Å². The molecule has 0 aliphatic carbocycles. The van der Waals surface area contributed by atoms with Crippen LogP contribution in [0.3, 0.4) is 0 Å². The molecule has 0 spiro atoms. The molecule has 0 bridgehead atoms. The lowest BCUT2D eigenvalue weighted by molar-refractivity contribution is -0.126. The normalized spacial score (nSPS) is 22.0. The van der Waals surface area contributed by atoms with Gasteiger partial charge in [0, 0.05) is 0 Å². The number of halogens is 1. The number of hydrogen-bond donors (Lipinski definition) is 0. The summed E-state index contributed by atoms with van der Waals surface area (Å²) >= 11 is 3.53. The molecule has 3 aromatic rings. The maximum atomic E-state index is 13.7. The Kier molecular flexibility index (Phi) is 5.55. The topological polar surface area (TPSA) is 68.3 Å². The third-order valence-corrected chi connectivity index (χ3v) is 6.59.